The van der Waals surface area contributed by atoms with Crippen molar-refractivity contribution in [2.24, 2.45) is 0 Å². The predicted octanol–water partition coefficient (Wildman–Crippen LogP) is 9.46. The van der Waals surface area contributed by atoms with E-state index in [4.69, 9.17) is 0 Å². The lowest BCUT2D eigenvalue weighted by Gasteiger charge is -2.18. The molecule has 4 aromatic carbocycles. The minimum atomic E-state index is 0.934. The van der Waals surface area contributed by atoms with Gasteiger partial charge in [-0.15, -0.1) is 0 Å². The molecule has 0 unspecified atom stereocenters. The molecule has 0 saturated heterocycles. The fourth-order valence-electron chi connectivity index (χ4n) is 5.70. The molecule has 0 spiro atoms. The lowest BCUT2D eigenvalue weighted by atomic mass is 9.86. The first-order valence-electron chi connectivity index (χ1n) is 13.5. The minimum absolute atomic E-state index is 0.934. The summed E-state index contributed by atoms with van der Waals surface area (Å²) >= 11 is 0. The second-order valence-electron chi connectivity index (χ2n) is 10.4. The van der Waals surface area contributed by atoms with E-state index in [-0.39, 0.29) is 0 Å². The van der Waals surface area contributed by atoms with E-state index in [1.54, 1.807) is 0 Å². The SMILES string of the molecule is Cc1cncc(-c2ccc(-c3c4ccccc4c(-c4cncc(-c5cc(C)ccn5)c4)c4ccccc34)cc2)c1. The van der Waals surface area contributed by atoms with E-state index >= 15 is 0 Å². The quantitative estimate of drug-likeness (QED) is 0.220. The zero-order chi connectivity index (χ0) is 27.1. The van der Waals surface area contributed by atoms with Crippen molar-refractivity contribution >= 4 is 21.5 Å². The summed E-state index contributed by atoms with van der Waals surface area (Å²) in [5.74, 6) is 0. The summed E-state index contributed by atoms with van der Waals surface area (Å²) in [5, 5.41) is 4.86. The Bertz CT molecular complexity index is 1970. The lowest BCUT2D eigenvalue weighted by molar-refractivity contribution is 1.26. The Morgan fingerprint density at radius 2 is 0.975 bits per heavy atom. The van der Waals surface area contributed by atoms with Gasteiger partial charge in [-0.25, -0.2) is 0 Å². The van der Waals surface area contributed by atoms with E-state index in [9.17, 15) is 0 Å². The normalized spacial score (nSPS) is 11.2. The van der Waals surface area contributed by atoms with E-state index in [0.29, 0.717) is 0 Å². The standard InChI is InChI=1S/C37H27N3/c1-24-15-16-40-35(18-24)29-19-30(23-39-22-29)37-33-9-5-3-7-31(33)36(32-8-4-6-10-34(32)37)27-13-11-26(12-14-27)28-17-25(2)20-38-21-28/h3-23H,1-2H3. The second-order valence-corrected chi connectivity index (χ2v) is 10.4. The van der Waals surface area contributed by atoms with Crippen molar-refractivity contribution in [3.63, 3.8) is 0 Å². The van der Waals surface area contributed by atoms with Crippen LogP contribution in [-0.2, 0) is 0 Å². The van der Waals surface area contributed by atoms with Gasteiger partial charge in [-0.05, 0) is 93.0 Å². The molecule has 0 saturated carbocycles. The molecule has 0 aliphatic heterocycles. The monoisotopic (exact) mass is 513 g/mol. The fraction of sp³-hybridized carbons (Fsp3) is 0.0541. The number of aromatic nitrogens is 3. The Kier molecular flexibility index (Phi) is 5.90. The van der Waals surface area contributed by atoms with Gasteiger partial charge in [0.05, 0.1) is 5.69 Å². The molecule has 0 atom stereocenters. The summed E-state index contributed by atoms with van der Waals surface area (Å²) in [4.78, 5) is 13.7. The molecule has 0 fully saturated rings. The number of hydrogen-bond donors (Lipinski definition) is 0. The maximum Gasteiger partial charge on any atom is 0.0720 e. The van der Waals surface area contributed by atoms with Gasteiger partial charge in [-0.2, -0.15) is 0 Å². The molecule has 3 nitrogen and oxygen atoms in total. The van der Waals surface area contributed by atoms with Gasteiger partial charge in [0, 0.05) is 47.7 Å². The maximum absolute atomic E-state index is 4.66. The number of pyridine rings is 3. The van der Waals surface area contributed by atoms with Gasteiger partial charge in [0.25, 0.3) is 0 Å². The fourth-order valence-corrected chi connectivity index (χ4v) is 5.70. The van der Waals surface area contributed by atoms with Crippen LogP contribution in [-0.4, -0.2) is 15.0 Å². The Balaban J connectivity index is 1.45. The Hall–Kier alpha value is -5.15. The van der Waals surface area contributed by atoms with Crippen LogP contribution in [0.2, 0.25) is 0 Å². The number of nitrogens with zero attached hydrogens (tertiary/aromatic N) is 3. The van der Waals surface area contributed by atoms with Crippen LogP contribution < -0.4 is 0 Å². The van der Waals surface area contributed by atoms with E-state index < -0.39 is 0 Å². The number of hydrogen-bond acceptors (Lipinski definition) is 3. The van der Waals surface area contributed by atoms with E-state index in [1.165, 1.54) is 43.8 Å². The Morgan fingerprint density at radius 1 is 0.425 bits per heavy atom. The van der Waals surface area contributed by atoms with Gasteiger partial charge in [-0.3, -0.25) is 15.0 Å². The Morgan fingerprint density at radius 3 is 1.60 bits per heavy atom. The third-order valence-corrected chi connectivity index (χ3v) is 7.55. The average Bonchev–Trinajstić information content (AvgIpc) is 3.00. The summed E-state index contributed by atoms with van der Waals surface area (Å²) in [7, 11) is 0. The molecule has 0 radical (unpaired) electrons. The van der Waals surface area contributed by atoms with Crippen molar-refractivity contribution in [1.82, 2.24) is 15.0 Å². The number of aryl methyl sites for hydroxylation is 2. The first-order chi connectivity index (χ1) is 19.7. The van der Waals surface area contributed by atoms with Crippen molar-refractivity contribution in [2.45, 2.75) is 13.8 Å². The Labute approximate surface area is 233 Å². The summed E-state index contributed by atoms with van der Waals surface area (Å²) in [6.45, 7) is 4.17. The molecule has 0 bridgehead atoms. The van der Waals surface area contributed by atoms with E-state index in [1.807, 2.05) is 37.1 Å². The molecule has 0 aliphatic rings. The van der Waals surface area contributed by atoms with Crippen LogP contribution in [0.25, 0.3) is 66.2 Å². The molecule has 40 heavy (non-hydrogen) atoms. The second kappa shape index (κ2) is 9.87. The highest BCUT2D eigenvalue weighted by Gasteiger charge is 2.17. The topological polar surface area (TPSA) is 38.7 Å². The highest BCUT2D eigenvalue weighted by Crippen LogP contribution is 2.44. The van der Waals surface area contributed by atoms with Gasteiger partial charge < -0.3 is 0 Å². The maximum atomic E-state index is 4.66. The van der Waals surface area contributed by atoms with Crippen LogP contribution >= 0.6 is 0 Å². The zero-order valence-electron chi connectivity index (χ0n) is 22.5. The minimum Gasteiger partial charge on any atom is -0.264 e. The van der Waals surface area contributed by atoms with Crippen molar-refractivity contribution in [3.8, 4) is 44.6 Å². The number of fused-ring (bicyclic) bond motifs is 2. The molecule has 3 heterocycles. The summed E-state index contributed by atoms with van der Waals surface area (Å²) in [5.41, 5.74) is 11.3. The van der Waals surface area contributed by atoms with Crippen molar-refractivity contribution < 1.29 is 0 Å². The first-order valence-corrected chi connectivity index (χ1v) is 13.5. The van der Waals surface area contributed by atoms with Gasteiger partial charge in [0.1, 0.15) is 0 Å². The first kappa shape index (κ1) is 23.9. The molecule has 0 aliphatic carbocycles. The molecule has 3 aromatic heterocycles. The van der Waals surface area contributed by atoms with Crippen molar-refractivity contribution in [1.29, 1.82) is 0 Å². The van der Waals surface area contributed by atoms with Gasteiger partial charge in [0.15, 0.2) is 0 Å². The number of benzene rings is 4. The summed E-state index contributed by atoms with van der Waals surface area (Å²) < 4.78 is 0. The third-order valence-electron chi connectivity index (χ3n) is 7.55. The number of rotatable bonds is 4. The highest BCUT2D eigenvalue weighted by atomic mass is 14.7. The molecular weight excluding hydrogens is 486 g/mol. The van der Waals surface area contributed by atoms with Crippen molar-refractivity contribution in [3.05, 3.63) is 139 Å². The van der Waals surface area contributed by atoms with Crippen LogP contribution in [0.15, 0.2) is 128 Å². The zero-order valence-corrected chi connectivity index (χ0v) is 22.5. The molecular formula is C37H27N3. The molecule has 0 amide bonds. The molecule has 3 heteroatoms. The molecule has 190 valence electrons. The summed E-state index contributed by atoms with van der Waals surface area (Å²) in [6.07, 6.45) is 9.54. The van der Waals surface area contributed by atoms with Gasteiger partial charge >= 0.3 is 0 Å². The van der Waals surface area contributed by atoms with Crippen molar-refractivity contribution in [2.75, 3.05) is 0 Å². The molecule has 7 rings (SSSR count). The lowest BCUT2D eigenvalue weighted by Crippen LogP contribution is -1.92. The van der Waals surface area contributed by atoms with Crippen LogP contribution in [0, 0.1) is 13.8 Å². The van der Waals surface area contributed by atoms with Gasteiger partial charge in [-0.1, -0.05) is 72.8 Å². The van der Waals surface area contributed by atoms with E-state index in [2.05, 4.69) is 120 Å². The van der Waals surface area contributed by atoms with Crippen LogP contribution in [0.1, 0.15) is 11.1 Å². The summed E-state index contributed by atoms with van der Waals surface area (Å²) in [6, 6.07) is 34.8. The largest absolute Gasteiger partial charge is 0.264 e. The highest BCUT2D eigenvalue weighted by molar-refractivity contribution is 6.21. The molecule has 0 N–H and O–H groups in total. The predicted molar refractivity (Wildman–Crippen MR) is 166 cm³/mol. The molecule has 7 aromatic rings. The van der Waals surface area contributed by atoms with Crippen LogP contribution in [0.3, 0.4) is 0 Å². The third kappa shape index (κ3) is 4.22. The van der Waals surface area contributed by atoms with Gasteiger partial charge in [0.2, 0.25) is 0 Å². The average molecular weight is 514 g/mol. The van der Waals surface area contributed by atoms with Crippen LogP contribution in [0.5, 0.6) is 0 Å². The van der Waals surface area contributed by atoms with E-state index in [0.717, 1.165) is 33.5 Å². The smallest absolute Gasteiger partial charge is 0.0720 e. The van der Waals surface area contributed by atoms with Crippen LogP contribution in [0.4, 0.5) is 0 Å².